The maximum absolute atomic E-state index is 15.1. The fraction of sp³-hybridized carbons (Fsp3) is 0.130. The van der Waals surface area contributed by atoms with E-state index in [1.807, 2.05) is 0 Å². The number of nitrogens with one attached hydrogen (secondary N) is 1. The minimum absolute atomic E-state index is 0.311. The molecule has 0 saturated carbocycles. The van der Waals surface area contributed by atoms with Crippen molar-refractivity contribution in [3.63, 3.8) is 0 Å². The highest BCUT2D eigenvalue weighted by Crippen LogP contribution is 2.40. The summed E-state index contributed by atoms with van der Waals surface area (Å²) in [7, 11) is 1.03. The molecule has 0 fully saturated rings. The molecule has 0 aromatic heterocycles. The summed E-state index contributed by atoms with van der Waals surface area (Å²) in [6, 6.07) is 6.06. The summed E-state index contributed by atoms with van der Waals surface area (Å²) in [6.07, 6.45) is -10.4. The zero-order valence-electron chi connectivity index (χ0n) is 19.2. The highest BCUT2D eigenvalue weighted by molar-refractivity contribution is 6.07. The zero-order chi connectivity index (χ0) is 29.1. The van der Waals surface area contributed by atoms with Gasteiger partial charge in [-0.25, -0.2) is 8.78 Å². The van der Waals surface area contributed by atoms with Gasteiger partial charge in [0.2, 0.25) is 0 Å². The van der Waals surface area contributed by atoms with Crippen molar-refractivity contribution in [3.05, 3.63) is 71.3 Å². The molecule has 3 rings (SSSR count). The van der Waals surface area contributed by atoms with Crippen LogP contribution in [-0.4, -0.2) is 31.6 Å². The van der Waals surface area contributed by atoms with Crippen LogP contribution < -0.4 is 30.0 Å². The van der Waals surface area contributed by atoms with E-state index < -0.39 is 76.0 Å². The largest absolute Gasteiger partial charge is 0.573 e. The molecule has 0 atom stereocenters. The number of rotatable bonds is 8. The quantitative estimate of drug-likeness (QED) is 0.328. The first-order valence-corrected chi connectivity index (χ1v) is 10.2. The fourth-order valence-corrected chi connectivity index (χ4v) is 3.07. The van der Waals surface area contributed by atoms with Crippen molar-refractivity contribution in [1.82, 2.24) is 0 Å². The smallest absolute Gasteiger partial charge is 0.493 e. The van der Waals surface area contributed by atoms with Crippen LogP contribution in [0.4, 0.5) is 40.8 Å². The van der Waals surface area contributed by atoms with Gasteiger partial charge in [-0.15, -0.1) is 26.3 Å². The molecular formula is C23H14F8N2O6. The predicted molar refractivity (Wildman–Crippen MR) is 116 cm³/mol. The maximum Gasteiger partial charge on any atom is 0.573 e. The van der Waals surface area contributed by atoms with E-state index in [0.717, 1.165) is 43.5 Å². The Morgan fingerprint density at radius 1 is 0.795 bits per heavy atom. The van der Waals surface area contributed by atoms with Crippen LogP contribution in [0.3, 0.4) is 0 Å². The molecule has 16 heteroatoms. The molecule has 0 unspecified atom stereocenters. The summed E-state index contributed by atoms with van der Waals surface area (Å²) in [4.78, 5) is 24.3. The van der Waals surface area contributed by atoms with Crippen molar-refractivity contribution in [1.29, 1.82) is 0 Å². The third kappa shape index (κ3) is 7.39. The molecule has 8 nitrogen and oxygen atoms in total. The summed E-state index contributed by atoms with van der Waals surface area (Å²) < 4.78 is 122. The summed E-state index contributed by atoms with van der Waals surface area (Å²) >= 11 is 0. The van der Waals surface area contributed by atoms with Gasteiger partial charge in [-0.2, -0.15) is 0 Å². The lowest BCUT2D eigenvalue weighted by Gasteiger charge is -2.18. The van der Waals surface area contributed by atoms with Crippen molar-refractivity contribution >= 4 is 17.5 Å². The number of amides is 2. The number of benzene rings is 3. The van der Waals surface area contributed by atoms with Gasteiger partial charge >= 0.3 is 12.7 Å². The van der Waals surface area contributed by atoms with E-state index in [2.05, 4.69) is 14.8 Å². The third-order valence-electron chi connectivity index (χ3n) is 4.60. The first-order chi connectivity index (χ1) is 18.1. The number of hydrogen-bond acceptors (Lipinski definition) is 6. The predicted octanol–water partition coefficient (Wildman–Crippen LogP) is 5.91. The lowest BCUT2D eigenvalue weighted by atomic mass is 10.1. The molecule has 3 aromatic carbocycles. The molecule has 3 aromatic rings. The van der Waals surface area contributed by atoms with E-state index in [9.17, 15) is 40.3 Å². The number of carbonyl (C=O) groups excluding carboxylic acids is 2. The number of hydrogen-bond donors (Lipinski definition) is 2. The van der Waals surface area contributed by atoms with Gasteiger partial charge < -0.3 is 30.0 Å². The van der Waals surface area contributed by atoms with Crippen LogP contribution in [0.2, 0.25) is 0 Å². The number of halogens is 8. The average molecular weight is 566 g/mol. The minimum Gasteiger partial charge on any atom is -0.493 e. The normalized spacial score (nSPS) is 11.5. The van der Waals surface area contributed by atoms with Crippen molar-refractivity contribution in [3.8, 4) is 28.7 Å². The van der Waals surface area contributed by atoms with Crippen LogP contribution in [0.1, 0.15) is 20.7 Å². The Balaban J connectivity index is 2.05. The first kappa shape index (κ1) is 28.8. The second-order valence-electron chi connectivity index (χ2n) is 7.27. The third-order valence-corrected chi connectivity index (χ3v) is 4.60. The molecule has 3 N–H and O–H groups in total. The summed E-state index contributed by atoms with van der Waals surface area (Å²) in [5, 5.41) is 2.05. The molecular weight excluding hydrogens is 552 g/mol. The SMILES string of the molecule is COc1cc(OC(F)(F)F)ccc1Oc1ccc(OC(F)(F)F)c(F)c1C(=O)Nc1ccc(F)c(C(N)=O)c1. The number of ether oxygens (including phenoxy) is 4. The van der Waals surface area contributed by atoms with E-state index in [-0.39, 0.29) is 5.69 Å². The Bertz CT molecular complexity index is 1410. The molecule has 0 spiro atoms. The highest BCUT2D eigenvalue weighted by Gasteiger charge is 2.35. The van der Waals surface area contributed by atoms with Gasteiger partial charge in [0.25, 0.3) is 11.8 Å². The van der Waals surface area contributed by atoms with Gasteiger partial charge in [0, 0.05) is 11.8 Å². The second kappa shape index (κ2) is 10.9. The molecule has 39 heavy (non-hydrogen) atoms. The Kier molecular flexibility index (Phi) is 8.07. The lowest BCUT2D eigenvalue weighted by molar-refractivity contribution is -0.276. The summed E-state index contributed by atoms with van der Waals surface area (Å²) in [6.45, 7) is 0. The van der Waals surface area contributed by atoms with Crippen LogP contribution in [0.5, 0.6) is 28.7 Å². The van der Waals surface area contributed by atoms with Gasteiger partial charge in [0.15, 0.2) is 23.1 Å². The van der Waals surface area contributed by atoms with Crippen LogP contribution >= 0.6 is 0 Å². The Labute approximate surface area is 212 Å². The van der Waals surface area contributed by atoms with Crippen molar-refractivity contribution in [2.45, 2.75) is 12.7 Å². The lowest BCUT2D eigenvalue weighted by Crippen LogP contribution is -2.21. The van der Waals surface area contributed by atoms with E-state index in [4.69, 9.17) is 15.2 Å². The number of carbonyl (C=O) groups is 2. The van der Waals surface area contributed by atoms with E-state index in [1.54, 1.807) is 0 Å². The summed E-state index contributed by atoms with van der Waals surface area (Å²) in [5.74, 6) is -9.27. The Hall–Kier alpha value is -4.76. The molecule has 0 aliphatic heterocycles. The fourth-order valence-electron chi connectivity index (χ4n) is 3.07. The average Bonchev–Trinajstić information content (AvgIpc) is 2.81. The molecule has 0 aliphatic carbocycles. The molecule has 208 valence electrons. The molecule has 2 amide bonds. The number of methoxy groups -OCH3 is 1. The van der Waals surface area contributed by atoms with Crippen LogP contribution in [0.15, 0.2) is 48.5 Å². The number of alkyl halides is 6. The van der Waals surface area contributed by atoms with Crippen molar-refractivity contribution in [2.24, 2.45) is 5.73 Å². The topological polar surface area (TPSA) is 109 Å². The molecule has 0 radical (unpaired) electrons. The number of anilines is 1. The Morgan fingerprint density at radius 3 is 2.00 bits per heavy atom. The minimum atomic E-state index is -5.36. The number of nitrogens with two attached hydrogens (primary N) is 1. The monoisotopic (exact) mass is 566 g/mol. The van der Waals surface area contributed by atoms with Crippen LogP contribution in [0, 0.1) is 11.6 Å². The molecule has 0 bridgehead atoms. The van der Waals surface area contributed by atoms with Crippen molar-refractivity contribution in [2.75, 3.05) is 12.4 Å². The van der Waals surface area contributed by atoms with Gasteiger partial charge in [-0.1, -0.05) is 0 Å². The first-order valence-electron chi connectivity index (χ1n) is 10.2. The number of primary amides is 1. The van der Waals surface area contributed by atoms with E-state index in [0.29, 0.717) is 12.1 Å². The molecule has 0 aliphatic rings. The molecule has 0 heterocycles. The van der Waals surface area contributed by atoms with Crippen LogP contribution in [-0.2, 0) is 0 Å². The Morgan fingerprint density at radius 2 is 1.41 bits per heavy atom. The van der Waals surface area contributed by atoms with E-state index in [1.165, 1.54) is 0 Å². The molecule has 0 saturated heterocycles. The van der Waals surface area contributed by atoms with Gasteiger partial charge in [-0.3, -0.25) is 9.59 Å². The highest BCUT2D eigenvalue weighted by atomic mass is 19.4. The zero-order valence-corrected chi connectivity index (χ0v) is 19.2. The summed E-state index contributed by atoms with van der Waals surface area (Å²) in [5.41, 5.74) is 2.89. The second-order valence-corrected chi connectivity index (χ2v) is 7.27. The maximum atomic E-state index is 15.1. The standard InChI is InChI=1S/C23H14F8N2O6/c1-36-17-9-11(38-22(26,27)28)3-5-14(17)37-15-6-7-16(39-23(29,30)31)19(25)18(15)21(35)33-10-2-4-13(24)12(8-10)20(32)34/h2-9H,1H3,(H2,32,34)(H,33,35). The van der Waals surface area contributed by atoms with Crippen molar-refractivity contribution < 1.29 is 63.7 Å². The van der Waals surface area contributed by atoms with Crippen LogP contribution in [0.25, 0.3) is 0 Å². The van der Waals surface area contributed by atoms with Gasteiger partial charge in [-0.05, 0) is 42.5 Å². The van der Waals surface area contributed by atoms with E-state index >= 15 is 4.39 Å². The van der Waals surface area contributed by atoms with Gasteiger partial charge in [0.1, 0.15) is 22.9 Å². The van der Waals surface area contributed by atoms with Gasteiger partial charge in [0.05, 0.1) is 12.7 Å².